The molecule has 0 saturated carbocycles. The van der Waals surface area contributed by atoms with E-state index >= 15 is 0 Å². The Morgan fingerprint density at radius 2 is 1.86 bits per heavy atom. The number of sulfone groups is 1. The fraction of sp³-hybridized carbons (Fsp3) is 0.462. The molecule has 1 rings (SSSR count). The monoisotopic (exact) mass is 320 g/mol. The van der Waals surface area contributed by atoms with E-state index in [0.29, 0.717) is 6.42 Å². The molecule has 0 aliphatic heterocycles. The molecular formula is C13H18F2N2O3S. The van der Waals surface area contributed by atoms with Crippen molar-refractivity contribution in [2.24, 2.45) is 11.7 Å². The first-order chi connectivity index (χ1) is 9.66. The minimum absolute atomic E-state index is 0.172. The van der Waals surface area contributed by atoms with E-state index in [1.807, 2.05) is 13.8 Å². The minimum Gasteiger partial charge on any atom is -0.324 e. The second kappa shape index (κ2) is 6.95. The molecular weight excluding hydrogens is 302 g/mol. The number of nitrogens with one attached hydrogen (secondary N) is 1. The van der Waals surface area contributed by atoms with Gasteiger partial charge in [0, 0.05) is 0 Å². The molecule has 1 aromatic rings. The Labute approximate surface area is 122 Å². The lowest BCUT2D eigenvalue weighted by Crippen LogP contribution is -2.37. The molecule has 0 spiro atoms. The molecule has 1 atom stereocenters. The first kappa shape index (κ1) is 17.5. The predicted molar refractivity (Wildman–Crippen MR) is 75.7 cm³/mol. The maximum atomic E-state index is 12.6. The maximum Gasteiger partial charge on any atom is 0.341 e. The zero-order valence-corrected chi connectivity index (χ0v) is 12.5. The Kier molecular flexibility index (Phi) is 5.79. The standard InChI is InChI=1S/C13H18F2N2O3S/c1-8(2)7-9(16)12(18)17-10-5-3-4-6-11(10)21(19,20)13(14)15/h3-6,8-9,13H,7,16H2,1-2H3,(H,17,18)/t9-/m1/s1. The van der Waals surface area contributed by atoms with Crippen LogP contribution in [-0.4, -0.2) is 26.1 Å². The van der Waals surface area contributed by atoms with Gasteiger partial charge in [0.2, 0.25) is 15.7 Å². The Bertz CT molecular complexity index is 603. The summed E-state index contributed by atoms with van der Waals surface area (Å²) in [5, 5.41) is 2.30. The van der Waals surface area contributed by atoms with E-state index in [1.165, 1.54) is 18.2 Å². The number of alkyl halides is 2. The molecule has 1 amide bonds. The number of nitrogens with two attached hydrogens (primary N) is 1. The Balaban J connectivity index is 3.03. The van der Waals surface area contributed by atoms with Crippen molar-refractivity contribution in [3.63, 3.8) is 0 Å². The SMILES string of the molecule is CC(C)C[C@@H](N)C(=O)Nc1ccccc1S(=O)(=O)C(F)F. The van der Waals surface area contributed by atoms with Gasteiger partial charge in [0.25, 0.3) is 0 Å². The van der Waals surface area contributed by atoms with Gasteiger partial charge in [-0.25, -0.2) is 8.42 Å². The van der Waals surface area contributed by atoms with Gasteiger partial charge in [-0.1, -0.05) is 26.0 Å². The highest BCUT2D eigenvalue weighted by Gasteiger charge is 2.29. The van der Waals surface area contributed by atoms with Gasteiger partial charge in [0.15, 0.2) is 0 Å². The van der Waals surface area contributed by atoms with Crippen LogP contribution in [0.15, 0.2) is 29.2 Å². The largest absolute Gasteiger partial charge is 0.341 e. The molecule has 1 aromatic carbocycles. The number of rotatable bonds is 6. The van der Waals surface area contributed by atoms with Crippen LogP contribution in [0.25, 0.3) is 0 Å². The number of halogens is 2. The quantitative estimate of drug-likeness (QED) is 0.839. The summed E-state index contributed by atoms with van der Waals surface area (Å²) in [4.78, 5) is 11.3. The van der Waals surface area contributed by atoms with Gasteiger partial charge < -0.3 is 11.1 Å². The highest BCUT2D eigenvalue weighted by Crippen LogP contribution is 2.26. The number of hydrogen-bond donors (Lipinski definition) is 2. The molecule has 5 nitrogen and oxygen atoms in total. The summed E-state index contributed by atoms with van der Waals surface area (Å²) in [6, 6.07) is 4.17. The van der Waals surface area contributed by atoms with Crippen molar-refractivity contribution in [1.82, 2.24) is 0 Å². The van der Waals surface area contributed by atoms with Crippen molar-refractivity contribution in [2.75, 3.05) is 5.32 Å². The highest BCUT2D eigenvalue weighted by atomic mass is 32.2. The average molecular weight is 320 g/mol. The first-order valence-corrected chi connectivity index (χ1v) is 7.88. The molecule has 0 heterocycles. The van der Waals surface area contributed by atoms with Gasteiger partial charge in [-0.2, -0.15) is 8.78 Å². The normalized spacial score (nSPS) is 13.5. The molecule has 0 radical (unpaired) electrons. The molecule has 8 heteroatoms. The van der Waals surface area contributed by atoms with E-state index in [4.69, 9.17) is 5.73 Å². The summed E-state index contributed by atoms with van der Waals surface area (Å²) >= 11 is 0. The lowest BCUT2D eigenvalue weighted by molar-refractivity contribution is -0.117. The average Bonchev–Trinajstić information content (AvgIpc) is 2.38. The van der Waals surface area contributed by atoms with Gasteiger partial charge in [0.1, 0.15) is 0 Å². The van der Waals surface area contributed by atoms with Crippen LogP contribution in [0.3, 0.4) is 0 Å². The highest BCUT2D eigenvalue weighted by molar-refractivity contribution is 7.91. The smallest absolute Gasteiger partial charge is 0.324 e. The molecule has 21 heavy (non-hydrogen) atoms. The molecule has 0 aliphatic rings. The number of carbonyl (C=O) groups excluding carboxylic acids is 1. The van der Waals surface area contributed by atoms with Crippen molar-refractivity contribution in [1.29, 1.82) is 0 Å². The van der Waals surface area contributed by atoms with Crippen LogP contribution >= 0.6 is 0 Å². The van der Waals surface area contributed by atoms with E-state index in [-0.39, 0.29) is 11.6 Å². The molecule has 3 N–H and O–H groups in total. The summed E-state index contributed by atoms with van der Waals surface area (Å²) in [5.74, 6) is -3.99. The fourth-order valence-electron chi connectivity index (χ4n) is 1.75. The summed E-state index contributed by atoms with van der Waals surface area (Å²) in [6.07, 6.45) is 0.398. The third-order valence-electron chi connectivity index (χ3n) is 2.75. The van der Waals surface area contributed by atoms with Crippen molar-refractivity contribution < 1.29 is 22.0 Å². The number of amides is 1. The predicted octanol–water partition coefficient (Wildman–Crippen LogP) is 1.99. The number of para-hydroxylation sites is 1. The van der Waals surface area contributed by atoms with E-state index < -0.39 is 32.4 Å². The second-order valence-electron chi connectivity index (χ2n) is 5.03. The van der Waals surface area contributed by atoms with Gasteiger partial charge in [-0.3, -0.25) is 4.79 Å². The maximum absolute atomic E-state index is 12.6. The number of anilines is 1. The van der Waals surface area contributed by atoms with Crippen LogP contribution in [-0.2, 0) is 14.6 Å². The van der Waals surface area contributed by atoms with Crippen LogP contribution in [0.5, 0.6) is 0 Å². The fourth-order valence-corrected chi connectivity index (χ4v) is 2.64. The zero-order chi connectivity index (χ0) is 16.2. The van der Waals surface area contributed by atoms with Crippen molar-refractivity contribution in [2.45, 2.75) is 37.0 Å². The van der Waals surface area contributed by atoms with Gasteiger partial charge in [-0.15, -0.1) is 0 Å². The molecule has 0 unspecified atom stereocenters. The lowest BCUT2D eigenvalue weighted by Gasteiger charge is -2.16. The van der Waals surface area contributed by atoms with Crippen LogP contribution in [0.2, 0.25) is 0 Å². The van der Waals surface area contributed by atoms with E-state index in [9.17, 15) is 22.0 Å². The lowest BCUT2D eigenvalue weighted by atomic mass is 10.0. The zero-order valence-electron chi connectivity index (χ0n) is 11.7. The molecule has 0 saturated heterocycles. The summed E-state index contributed by atoms with van der Waals surface area (Å²) in [6.45, 7) is 3.75. The molecule has 0 aliphatic carbocycles. The van der Waals surface area contributed by atoms with Crippen molar-refractivity contribution >= 4 is 21.4 Å². The van der Waals surface area contributed by atoms with Crippen LogP contribution in [0.4, 0.5) is 14.5 Å². The molecule has 0 bridgehead atoms. The Morgan fingerprint density at radius 3 is 2.38 bits per heavy atom. The summed E-state index contributed by atoms with van der Waals surface area (Å²) in [7, 11) is -4.79. The molecule has 0 fully saturated rings. The van der Waals surface area contributed by atoms with Gasteiger partial charge >= 0.3 is 5.76 Å². The summed E-state index contributed by atoms with van der Waals surface area (Å²) < 4.78 is 48.3. The molecule has 118 valence electrons. The van der Waals surface area contributed by atoms with Gasteiger partial charge in [-0.05, 0) is 24.5 Å². The Hall–Kier alpha value is -1.54. The topological polar surface area (TPSA) is 89.3 Å². The first-order valence-electron chi connectivity index (χ1n) is 6.33. The minimum atomic E-state index is -4.79. The van der Waals surface area contributed by atoms with Gasteiger partial charge in [0.05, 0.1) is 16.6 Å². The molecule has 0 aromatic heterocycles. The second-order valence-corrected chi connectivity index (χ2v) is 6.91. The Morgan fingerprint density at radius 1 is 1.29 bits per heavy atom. The van der Waals surface area contributed by atoms with Crippen molar-refractivity contribution in [3.05, 3.63) is 24.3 Å². The van der Waals surface area contributed by atoms with Crippen LogP contribution in [0, 0.1) is 5.92 Å². The number of carbonyl (C=O) groups is 1. The van der Waals surface area contributed by atoms with E-state index in [1.54, 1.807) is 0 Å². The third-order valence-corrected chi connectivity index (χ3v) is 4.19. The van der Waals surface area contributed by atoms with E-state index in [2.05, 4.69) is 5.32 Å². The number of hydrogen-bond acceptors (Lipinski definition) is 4. The van der Waals surface area contributed by atoms with Crippen LogP contribution in [0.1, 0.15) is 20.3 Å². The van der Waals surface area contributed by atoms with E-state index in [0.717, 1.165) is 6.07 Å². The van der Waals surface area contributed by atoms with Crippen molar-refractivity contribution in [3.8, 4) is 0 Å². The van der Waals surface area contributed by atoms with Crippen LogP contribution < -0.4 is 11.1 Å². The summed E-state index contributed by atoms with van der Waals surface area (Å²) in [5.41, 5.74) is 5.48. The third kappa shape index (κ3) is 4.47. The number of benzene rings is 1.